The molecule has 2 heterocycles. The van der Waals surface area contributed by atoms with E-state index in [0.29, 0.717) is 17.2 Å². The molecule has 0 atom stereocenters. The molecule has 1 amide bonds. The highest BCUT2D eigenvalue weighted by molar-refractivity contribution is 5.97. The van der Waals surface area contributed by atoms with Crippen LogP contribution in [-0.4, -0.2) is 27.6 Å². The average molecular weight is 477 g/mol. The molecule has 4 aromatic rings. The van der Waals surface area contributed by atoms with Crippen LogP contribution in [-0.2, 0) is 15.6 Å². The highest BCUT2D eigenvalue weighted by atomic mass is 16.5. The van der Waals surface area contributed by atoms with Gasteiger partial charge >= 0.3 is 0 Å². The molecule has 0 unspecified atom stereocenters. The Morgan fingerprint density at radius 2 is 1.77 bits per heavy atom. The maximum atomic E-state index is 12.1. The fourth-order valence-corrected chi connectivity index (χ4v) is 4.17. The molecule has 4 rings (SSSR count). The molecule has 2 aromatic heterocycles. The normalized spacial score (nSPS) is 12.3. The third-order valence-corrected chi connectivity index (χ3v) is 7.30. The van der Waals surface area contributed by atoms with E-state index in [-0.39, 0.29) is 16.7 Å². The first-order chi connectivity index (χ1) is 16.5. The molecule has 0 aliphatic heterocycles. The minimum Gasteiger partial charge on any atom is -0.497 e. The first-order valence-corrected chi connectivity index (χ1v) is 12.2. The summed E-state index contributed by atoms with van der Waals surface area (Å²) in [6, 6.07) is 12.1. The van der Waals surface area contributed by atoms with Gasteiger partial charge in [0.15, 0.2) is 5.65 Å². The van der Waals surface area contributed by atoms with Gasteiger partial charge in [-0.25, -0.2) is 4.52 Å². The lowest BCUT2D eigenvalue weighted by Crippen LogP contribution is -2.21. The number of methoxy groups -OCH3 is 1. The Morgan fingerprint density at radius 3 is 2.40 bits per heavy atom. The first kappa shape index (κ1) is 24.6. The van der Waals surface area contributed by atoms with Crippen LogP contribution in [0.25, 0.3) is 16.7 Å². The van der Waals surface area contributed by atoms with Gasteiger partial charge in [-0.3, -0.25) is 4.79 Å². The molecule has 35 heavy (non-hydrogen) atoms. The number of carbonyl (C=O) groups excluding carboxylic acids is 1. The summed E-state index contributed by atoms with van der Waals surface area (Å²) in [4.78, 5) is 15.4. The standard InChI is InChI=1S/C28H36N4O3/c1-9-27(4,5)18-11-14-23(20(15-18)28(6,7)10-2)35-26-24(29-17(3)33)25-30-21-16-19(34-8)12-13-22(21)32(25)31-26/h11-16,30H,9-10H2,1-8H3,(H,29,33). The number of ether oxygens (including phenoxy) is 2. The number of nitrogens with zero attached hydrogens (tertiary/aromatic N) is 2. The van der Waals surface area contributed by atoms with Crippen LogP contribution in [0.5, 0.6) is 17.4 Å². The Balaban J connectivity index is 1.87. The van der Waals surface area contributed by atoms with Crippen molar-refractivity contribution in [3.8, 4) is 17.4 Å². The van der Waals surface area contributed by atoms with E-state index in [1.54, 1.807) is 11.6 Å². The monoisotopic (exact) mass is 476 g/mol. The summed E-state index contributed by atoms with van der Waals surface area (Å²) in [5.41, 5.74) is 5.22. The van der Waals surface area contributed by atoms with Crippen molar-refractivity contribution in [1.82, 2.24) is 14.6 Å². The summed E-state index contributed by atoms with van der Waals surface area (Å²) in [7, 11) is 1.63. The summed E-state index contributed by atoms with van der Waals surface area (Å²) in [6.45, 7) is 14.9. The van der Waals surface area contributed by atoms with Crippen molar-refractivity contribution in [3.63, 3.8) is 0 Å². The molecule has 0 fully saturated rings. The second-order valence-electron chi connectivity index (χ2n) is 10.4. The molecule has 2 aromatic carbocycles. The quantitative estimate of drug-likeness (QED) is 0.288. The van der Waals surface area contributed by atoms with Crippen molar-refractivity contribution in [2.45, 2.75) is 72.1 Å². The lowest BCUT2D eigenvalue weighted by Gasteiger charge is -2.30. The lowest BCUT2D eigenvalue weighted by molar-refractivity contribution is -0.114. The van der Waals surface area contributed by atoms with Gasteiger partial charge in [-0.2, -0.15) is 0 Å². The number of imidazole rings is 1. The fourth-order valence-electron chi connectivity index (χ4n) is 4.17. The van der Waals surface area contributed by atoms with Crippen molar-refractivity contribution in [2.75, 3.05) is 12.4 Å². The Bertz CT molecular complexity index is 1390. The zero-order valence-corrected chi connectivity index (χ0v) is 22.0. The fraction of sp³-hybridized carbons (Fsp3) is 0.429. The van der Waals surface area contributed by atoms with Crippen LogP contribution in [0.2, 0.25) is 0 Å². The number of H-pyrrole nitrogens is 1. The molecule has 0 bridgehead atoms. The summed E-state index contributed by atoms with van der Waals surface area (Å²) in [5.74, 6) is 1.63. The molecule has 2 N–H and O–H groups in total. The summed E-state index contributed by atoms with van der Waals surface area (Å²) >= 11 is 0. The highest BCUT2D eigenvalue weighted by Gasteiger charge is 2.28. The van der Waals surface area contributed by atoms with Crippen LogP contribution in [0.3, 0.4) is 0 Å². The number of aromatic amines is 1. The van der Waals surface area contributed by atoms with Gasteiger partial charge in [-0.1, -0.05) is 53.7 Å². The van der Waals surface area contributed by atoms with Crippen LogP contribution in [0.4, 0.5) is 5.69 Å². The number of hydrogen-bond donors (Lipinski definition) is 2. The predicted molar refractivity (Wildman–Crippen MR) is 141 cm³/mol. The van der Waals surface area contributed by atoms with Crippen molar-refractivity contribution >= 4 is 28.3 Å². The van der Waals surface area contributed by atoms with E-state index in [1.807, 2.05) is 24.3 Å². The van der Waals surface area contributed by atoms with Crippen LogP contribution in [0, 0.1) is 0 Å². The second-order valence-corrected chi connectivity index (χ2v) is 10.4. The Morgan fingerprint density at radius 1 is 1.06 bits per heavy atom. The average Bonchev–Trinajstić information content (AvgIpc) is 3.34. The molecule has 186 valence electrons. The number of rotatable bonds is 8. The summed E-state index contributed by atoms with van der Waals surface area (Å²) < 4.78 is 13.6. The zero-order chi connectivity index (χ0) is 25.5. The Hall–Kier alpha value is -3.48. The van der Waals surface area contributed by atoms with Gasteiger partial charge < -0.3 is 19.8 Å². The molecular weight excluding hydrogens is 440 g/mol. The van der Waals surface area contributed by atoms with Gasteiger partial charge in [-0.15, -0.1) is 5.10 Å². The van der Waals surface area contributed by atoms with Gasteiger partial charge in [-0.05, 0) is 47.4 Å². The van der Waals surface area contributed by atoms with Gasteiger partial charge in [0, 0.05) is 18.6 Å². The number of carbonyl (C=O) groups is 1. The maximum absolute atomic E-state index is 12.1. The third-order valence-electron chi connectivity index (χ3n) is 7.30. The number of hydrogen-bond acceptors (Lipinski definition) is 4. The SMILES string of the molecule is CCC(C)(C)c1ccc(Oc2nn3c([nH]c4cc(OC)ccc43)c2NC(C)=O)c(C(C)(C)CC)c1. The third kappa shape index (κ3) is 4.47. The Labute approximate surface area is 206 Å². The second kappa shape index (κ2) is 8.95. The molecule has 0 saturated carbocycles. The molecular formula is C28H36N4O3. The van der Waals surface area contributed by atoms with E-state index in [4.69, 9.17) is 14.6 Å². The molecule has 0 spiro atoms. The molecule has 0 aliphatic rings. The predicted octanol–water partition coefficient (Wildman–Crippen LogP) is 6.95. The van der Waals surface area contributed by atoms with E-state index in [2.05, 4.69) is 64.0 Å². The minimum atomic E-state index is -0.199. The van der Waals surface area contributed by atoms with Crippen LogP contribution in [0.1, 0.15) is 72.4 Å². The van der Waals surface area contributed by atoms with Gasteiger partial charge in [0.1, 0.15) is 17.2 Å². The van der Waals surface area contributed by atoms with Crippen LogP contribution in [0.15, 0.2) is 36.4 Å². The summed E-state index contributed by atoms with van der Waals surface area (Å²) in [6.07, 6.45) is 1.99. The molecule has 0 radical (unpaired) electrons. The maximum Gasteiger partial charge on any atom is 0.265 e. The number of amides is 1. The molecule has 0 saturated heterocycles. The number of benzene rings is 2. The van der Waals surface area contributed by atoms with E-state index in [1.165, 1.54) is 12.5 Å². The van der Waals surface area contributed by atoms with Gasteiger partial charge in [0.2, 0.25) is 5.91 Å². The molecule has 0 aliphatic carbocycles. The smallest absolute Gasteiger partial charge is 0.265 e. The number of nitrogens with one attached hydrogen (secondary N) is 2. The number of anilines is 1. The van der Waals surface area contributed by atoms with E-state index < -0.39 is 0 Å². The van der Waals surface area contributed by atoms with Crippen molar-refractivity contribution in [2.24, 2.45) is 0 Å². The molecule has 7 heteroatoms. The van der Waals surface area contributed by atoms with Crippen molar-refractivity contribution in [1.29, 1.82) is 0 Å². The van der Waals surface area contributed by atoms with E-state index in [9.17, 15) is 4.79 Å². The topological polar surface area (TPSA) is 80.7 Å². The first-order valence-electron chi connectivity index (χ1n) is 12.2. The molecule has 7 nitrogen and oxygen atoms in total. The van der Waals surface area contributed by atoms with Gasteiger partial charge in [0.05, 0.1) is 18.1 Å². The highest BCUT2D eigenvalue weighted by Crippen LogP contribution is 2.42. The number of fused-ring (bicyclic) bond motifs is 3. The largest absolute Gasteiger partial charge is 0.497 e. The Kier molecular flexibility index (Phi) is 6.30. The minimum absolute atomic E-state index is 0.0583. The zero-order valence-electron chi connectivity index (χ0n) is 22.0. The van der Waals surface area contributed by atoms with Crippen molar-refractivity contribution < 1.29 is 14.3 Å². The van der Waals surface area contributed by atoms with Crippen LogP contribution < -0.4 is 14.8 Å². The van der Waals surface area contributed by atoms with Gasteiger partial charge in [0.25, 0.3) is 5.88 Å². The lowest BCUT2D eigenvalue weighted by atomic mass is 9.76. The van der Waals surface area contributed by atoms with E-state index >= 15 is 0 Å². The van der Waals surface area contributed by atoms with Crippen LogP contribution >= 0.6 is 0 Å². The number of aromatic nitrogens is 3. The van der Waals surface area contributed by atoms with E-state index in [0.717, 1.165) is 40.9 Å². The van der Waals surface area contributed by atoms with Crippen molar-refractivity contribution in [3.05, 3.63) is 47.5 Å². The summed E-state index contributed by atoms with van der Waals surface area (Å²) in [5, 5.41) is 7.66.